The van der Waals surface area contributed by atoms with E-state index >= 15 is 0 Å². The summed E-state index contributed by atoms with van der Waals surface area (Å²) in [6.07, 6.45) is 14.0. The Balaban J connectivity index is 1.76. The molecule has 0 saturated heterocycles. The van der Waals surface area contributed by atoms with Crippen molar-refractivity contribution in [3.05, 3.63) is 17.5 Å². The first kappa shape index (κ1) is 12.5. The molecule has 0 radical (unpaired) electrons. The van der Waals surface area contributed by atoms with Crippen LogP contribution < -0.4 is 5.73 Å². The van der Waals surface area contributed by atoms with Gasteiger partial charge in [0.2, 0.25) is 0 Å². The van der Waals surface area contributed by atoms with Crippen molar-refractivity contribution in [2.45, 2.75) is 57.0 Å². The largest absolute Gasteiger partial charge is 0.325 e. The molecule has 20 heavy (non-hydrogen) atoms. The van der Waals surface area contributed by atoms with Crippen LogP contribution in [0.2, 0.25) is 0 Å². The van der Waals surface area contributed by atoms with Gasteiger partial charge in [-0.05, 0) is 62.3 Å². The summed E-state index contributed by atoms with van der Waals surface area (Å²) >= 11 is 0. The van der Waals surface area contributed by atoms with Crippen LogP contribution in [0.25, 0.3) is 0 Å². The van der Waals surface area contributed by atoms with E-state index in [1.165, 1.54) is 44.2 Å². The molecule has 4 fully saturated rings. The maximum absolute atomic E-state index is 5.79. The van der Waals surface area contributed by atoms with Gasteiger partial charge in [-0.1, -0.05) is 5.92 Å². The quantitative estimate of drug-likeness (QED) is 0.857. The highest BCUT2D eigenvalue weighted by Gasteiger charge is 2.52. The third-order valence-corrected chi connectivity index (χ3v) is 5.86. The SMILES string of the molecule is C#CCn1nc(CN)cc1C12CC3CC(CC(C3)C1)C2. The third-order valence-electron chi connectivity index (χ3n) is 5.86. The average molecular weight is 269 g/mol. The van der Waals surface area contributed by atoms with Crippen LogP contribution in [0.5, 0.6) is 0 Å². The van der Waals surface area contributed by atoms with Gasteiger partial charge in [0, 0.05) is 17.7 Å². The van der Waals surface area contributed by atoms with Gasteiger partial charge < -0.3 is 5.73 Å². The highest BCUT2D eigenvalue weighted by atomic mass is 15.3. The Labute approximate surface area is 120 Å². The lowest BCUT2D eigenvalue weighted by atomic mass is 9.49. The molecule has 1 aromatic heterocycles. The average Bonchev–Trinajstić information content (AvgIpc) is 2.81. The van der Waals surface area contributed by atoms with Crippen molar-refractivity contribution in [3.63, 3.8) is 0 Å². The molecular formula is C17H23N3. The van der Waals surface area contributed by atoms with Crippen molar-refractivity contribution in [2.75, 3.05) is 0 Å². The predicted octanol–water partition coefficient (Wildman–Crippen LogP) is 2.44. The van der Waals surface area contributed by atoms with Crippen LogP contribution in [-0.2, 0) is 18.5 Å². The maximum atomic E-state index is 5.79. The second kappa shape index (κ2) is 4.36. The van der Waals surface area contributed by atoms with Crippen molar-refractivity contribution >= 4 is 0 Å². The molecule has 0 unspecified atom stereocenters. The number of nitrogens with zero attached hydrogens (tertiary/aromatic N) is 2. The lowest BCUT2D eigenvalue weighted by Gasteiger charge is -2.56. The molecule has 4 aliphatic rings. The Bertz CT molecular complexity index is 528. The fraction of sp³-hybridized carbons (Fsp3) is 0.706. The molecule has 2 N–H and O–H groups in total. The van der Waals surface area contributed by atoms with E-state index in [9.17, 15) is 0 Å². The van der Waals surface area contributed by atoms with Crippen molar-refractivity contribution in [3.8, 4) is 12.3 Å². The summed E-state index contributed by atoms with van der Waals surface area (Å²) in [7, 11) is 0. The van der Waals surface area contributed by atoms with E-state index in [4.69, 9.17) is 12.2 Å². The third kappa shape index (κ3) is 1.74. The molecule has 0 aliphatic heterocycles. The molecule has 1 aromatic rings. The summed E-state index contributed by atoms with van der Waals surface area (Å²) in [5, 5.41) is 4.62. The van der Waals surface area contributed by atoms with Gasteiger partial charge in [0.1, 0.15) is 6.54 Å². The van der Waals surface area contributed by atoms with Gasteiger partial charge in [-0.3, -0.25) is 4.68 Å². The van der Waals surface area contributed by atoms with Crippen LogP contribution in [0.4, 0.5) is 0 Å². The number of rotatable bonds is 3. The van der Waals surface area contributed by atoms with Crippen molar-refractivity contribution in [2.24, 2.45) is 23.5 Å². The highest BCUT2D eigenvalue weighted by Crippen LogP contribution is 2.60. The normalized spacial score (nSPS) is 38.1. The standard InChI is InChI=1S/C17H23N3/c1-2-3-20-16(7-15(11-18)19-20)17-8-12-4-13(9-17)6-14(5-12)10-17/h1,7,12-14H,3-6,8-11,18H2. The zero-order chi connectivity index (χ0) is 13.7. The number of hydrogen-bond donors (Lipinski definition) is 1. The van der Waals surface area contributed by atoms with E-state index in [-0.39, 0.29) is 0 Å². The fourth-order valence-corrected chi connectivity index (χ4v) is 5.63. The minimum absolute atomic E-state index is 0.353. The Hall–Kier alpha value is -1.27. The van der Waals surface area contributed by atoms with Gasteiger partial charge in [0.15, 0.2) is 0 Å². The Kier molecular flexibility index (Phi) is 2.72. The van der Waals surface area contributed by atoms with E-state index in [2.05, 4.69) is 21.8 Å². The summed E-state index contributed by atoms with van der Waals surface area (Å²) in [6, 6.07) is 2.24. The zero-order valence-corrected chi connectivity index (χ0v) is 12.0. The predicted molar refractivity (Wildman–Crippen MR) is 78.8 cm³/mol. The summed E-state index contributed by atoms with van der Waals surface area (Å²) in [6.45, 7) is 1.09. The minimum atomic E-state index is 0.353. The van der Waals surface area contributed by atoms with Crippen molar-refractivity contribution in [1.29, 1.82) is 0 Å². The lowest BCUT2D eigenvalue weighted by molar-refractivity contribution is -0.00907. The van der Waals surface area contributed by atoms with Gasteiger partial charge in [-0.2, -0.15) is 5.10 Å². The Morgan fingerprint density at radius 2 is 1.85 bits per heavy atom. The molecule has 3 nitrogen and oxygen atoms in total. The molecule has 0 atom stereocenters. The Morgan fingerprint density at radius 3 is 2.35 bits per heavy atom. The van der Waals surface area contributed by atoms with Crippen LogP contribution in [0.1, 0.15) is 49.9 Å². The molecule has 0 amide bonds. The summed E-state index contributed by atoms with van der Waals surface area (Å²) in [5.74, 6) is 5.58. The van der Waals surface area contributed by atoms with E-state index in [1.807, 2.05) is 0 Å². The zero-order valence-electron chi connectivity index (χ0n) is 12.0. The van der Waals surface area contributed by atoms with Gasteiger partial charge in [-0.25, -0.2) is 0 Å². The molecule has 5 rings (SSSR count). The molecule has 0 aromatic carbocycles. The fourth-order valence-electron chi connectivity index (χ4n) is 5.63. The first-order valence-corrected chi connectivity index (χ1v) is 7.93. The van der Waals surface area contributed by atoms with E-state index in [0.717, 1.165) is 23.4 Å². The number of nitrogens with two attached hydrogens (primary N) is 1. The van der Waals surface area contributed by atoms with Crippen molar-refractivity contribution in [1.82, 2.24) is 9.78 Å². The summed E-state index contributed by atoms with van der Waals surface area (Å²) < 4.78 is 2.06. The maximum Gasteiger partial charge on any atom is 0.102 e. The highest BCUT2D eigenvalue weighted by molar-refractivity contribution is 5.26. The second-order valence-corrected chi connectivity index (χ2v) is 7.28. The lowest BCUT2D eigenvalue weighted by Crippen LogP contribution is -2.49. The van der Waals surface area contributed by atoms with Gasteiger partial charge in [0.25, 0.3) is 0 Å². The monoisotopic (exact) mass is 269 g/mol. The molecule has 4 aliphatic carbocycles. The summed E-state index contributed by atoms with van der Waals surface area (Å²) in [5.41, 5.74) is 8.52. The number of hydrogen-bond acceptors (Lipinski definition) is 2. The van der Waals surface area contributed by atoms with Crippen molar-refractivity contribution < 1.29 is 0 Å². The minimum Gasteiger partial charge on any atom is -0.325 e. The van der Waals surface area contributed by atoms with E-state index in [0.29, 0.717) is 18.5 Å². The number of terminal acetylenes is 1. The molecule has 3 heteroatoms. The van der Waals surface area contributed by atoms with Gasteiger partial charge >= 0.3 is 0 Å². The van der Waals surface area contributed by atoms with Gasteiger partial charge in [0.05, 0.1) is 5.69 Å². The molecule has 1 heterocycles. The number of aromatic nitrogens is 2. The molecule has 106 valence electrons. The second-order valence-electron chi connectivity index (χ2n) is 7.28. The van der Waals surface area contributed by atoms with Crippen LogP contribution in [0.15, 0.2) is 6.07 Å². The topological polar surface area (TPSA) is 43.8 Å². The first-order valence-electron chi connectivity index (χ1n) is 7.93. The molecule has 4 bridgehead atoms. The van der Waals surface area contributed by atoms with Crippen LogP contribution in [-0.4, -0.2) is 9.78 Å². The van der Waals surface area contributed by atoms with Crippen LogP contribution >= 0.6 is 0 Å². The first-order chi connectivity index (χ1) is 9.72. The summed E-state index contributed by atoms with van der Waals surface area (Å²) in [4.78, 5) is 0. The van der Waals surface area contributed by atoms with Crippen LogP contribution in [0, 0.1) is 30.1 Å². The smallest absolute Gasteiger partial charge is 0.102 e. The molecule has 0 spiro atoms. The van der Waals surface area contributed by atoms with E-state index in [1.54, 1.807) is 0 Å². The van der Waals surface area contributed by atoms with E-state index < -0.39 is 0 Å². The molecule has 4 saturated carbocycles. The molecular weight excluding hydrogens is 246 g/mol. The Morgan fingerprint density at radius 1 is 1.25 bits per heavy atom. The van der Waals surface area contributed by atoms with Crippen LogP contribution in [0.3, 0.4) is 0 Å². The van der Waals surface area contributed by atoms with Gasteiger partial charge in [-0.15, -0.1) is 6.42 Å².